The van der Waals surface area contributed by atoms with Crippen LogP contribution >= 0.6 is 0 Å². The molecule has 0 bridgehead atoms. The van der Waals surface area contributed by atoms with Crippen LogP contribution in [0.5, 0.6) is 0 Å². The molecule has 36 heavy (non-hydrogen) atoms. The van der Waals surface area contributed by atoms with Crippen molar-refractivity contribution in [3.63, 3.8) is 0 Å². The summed E-state index contributed by atoms with van der Waals surface area (Å²) in [6, 6.07) is 20.4. The molecule has 0 radical (unpaired) electrons. The average molecular weight is 552 g/mol. The number of allylic oxidation sites excluding steroid dienone is 1. The number of aromatic nitrogens is 1. The minimum absolute atomic E-state index is 0.0719. The third-order valence-electron chi connectivity index (χ3n) is 8.08. The number of pyridine rings is 1. The Bertz CT molecular complexity index is 1660. The Balaban J connectivity index is 1.46. The van der Waals surface area contributed by atoms with Gasteiger partial charge in [-0.1, -0.05) is 0 Å². The van der Waals surface area contributed by atoms with E-state index in [0.29, 0.717) is 11.1 Å². The first-order valence-corrected chi connectivity index (χ1v) is 16.9. The molecule has 0 N–H and O–H groups in total. The van der Waals surface area contributed by atoms with Crippen LogP contribution in [0.4, 0.5) is 16.1 Å². The number of ketones is 2. The van der Waals surface area contributed by atoms with Crippen molar-refractivity contribution in [2.24, 2.45) is 0 Å². The van der Waals surface area contributed by atoms with Crippen LogP contribution in [0, 0.1) is 0 Å². The number of carbonyl (C=O) groups is 2. The first-order valence-electron chi connectivity index (χ1n) is 12.2. The number of para-hydroxylation sites is 1. The Morgan fingerprint density at radius 3 is 2.31 bits per heavy atom. The second kappa shape index (κ2) is 7.13. The van der Waals surface area contributed by atoms with Crippen molar-refractivity contribution in [3.8, 4) is 0 Å². The molecule has 0 fully saturated rings. The van der Waals surface area contributed by atoms with Gasteiger partial charge in [-0.2, -0.15) is 0 Å². The second-order valence-corrected chi connectivity index (χ2v) is 17.3. The molecule has 0 saturated carbocycles. The predicted octanol–water partition coefficient (Wildman–Crippen LogP) is 4.85. The van der Waals surface area contributed by atoms with Crippen LogP contribution in [-0.2, 0) is 5.41 Å². The number of anilines is 3. The monoisotopic (exact) mass is 552 g/mol. The fourth-order valence-electron chi connectivity index (χ4n) is 6.08. The van der Waals surface area contributed by atoms with Crippen molar-refractivity contribution in [2.45, 2.75) is 32.4 Å². The Kier molecular flexibility index (Phi) is 4.34. The fraction of sp³-hybridized carbons (Fsp3) is 0.167. The molecule has 6 heteroatoms. The zero-order valence-corrected chi connectivity index (χ0v) is 23.3. The van der Waals surface area contributed by atoms with Crippen LogP contribution in [0.1, 0.15) is 50.1 Å². The third-order valence-corrected chi connectivity index (χ3v) is 13.8. The molecule has 0 spiro atoms. The van der Waals surface area contributed by atoms with Crippen LogP contribution in [0.25, 0.3) is 6.08 Å². The van der Waals surface area contributed by atoms with Gasteiger partial charge in [-0.3, -0.25) is 0 Å². The van der Waals surface area contributed by atoms with Crippen LogP contribution in [0.2, 0.25) is 13.1 Å². The summed E-state index contributed by atoms with van der Waals surface area (Å²) in [7, 11) is -1.93. The van der Waals surface area contributed by atoms with E-state index in [-0.39, 0.29) is 37.1 Å². The van der Waals surface area contributed by atoms with Crippen molar-refractivity contribution in [1.29, 1.82) is 0 Å². The Morgan fingerprint density at radius 2 is 1.58 bits per heavy atom. The first-order chi connectivity index (χ1) is 17.2. The zero-order chi connectivity index (χ0) is 25.0. The first kappa shape index (κ1) is 21.9. The van der Waals surface area contributed by atoms with Gasteiger partial charge in [0.25, 0.3) is 0 Å². The van der Waals surface area contributed by atoms with Gasteiger partial charge in [-0.15, -0.1) is 0 Å². The summed E-state index contributed by atoms with van der Waals surface area (Å²) in [6.45, 7) is 9.42. The molecule has 0 unspecified atom stereocenters. The molecule has 176 valence electrons. The SMILES string of the molecule is CC1(C)c2cc(C=C3C(=O)c4ccccc4C3=O)[se]c2N2c3ncccc3[Si](C)(C)c3cccc1c32. The molecular weight excluding hydrogens is 527 g/mol. The summed E-state index contributed by atoms with van der Waals surface area (Å²) in [6.07, 6.45) is 3.74. The number of Topliss-reactive ketones (excluding diaryl/α,β-unsaturated/α-hetero) is 2. The van der Waals surface area contributed by atoms with Gasteiger partial charge in [0, 0.05) is 0 Å². The van der Waals surface area contributed by atoms with Gasteiger partial charge in [0.15, 0.2) is 0 Å². The Morgan fingerprint density at radius 1 is 0.889 bits per heavy atom. The number of carbonyl (C=O) groups excluding carboxylic acids is 2. The van der Waals surface area contributed by atoms with E-state index in [1.165, 1.54) is 31.7 Å². The van der Waals surface area contributed by atoms with Crippen molar-refractivity contribution in [3.05, 3.63) is 99.1 Å². The van der Waals surface area contributed by atoms with E-state index < -0.39 is 8.07 Å². The topological polar surface area (TPSA) is 50.3 Å². The standard InChI is InChI=1S/C30H24N2O2SeSi/c1-30(2)21-11-7-12-23-25(21)32(28-24(36(23,3)4)13-8-14-31-28)29-22(30)16-17(35-29)15-20-26(33)18-9-5-6-10-19(18)27(20)34/h5-16H,1-4H3. The summed E-state index contributed by atoms with van der Waals surface area (Å²) < 4.78 is 2.32. The molecule has 4 heterocycles. The Hall–Kier alpha value is -3.31. The van der Waals surface area contributed by atoms with Crippen molar-refractivity contribution in [2.75, 3.05) is 4.90 Å². The van der Waals surface area contributed by atoms with Crippen LogP contribution in [0.3, 0.4) is 0 Å². The number of fused-ring (bicyclic) bond motifs is 5. The molecule has 2 aromatic heterocycles. The van der Waals surface area contributed by atoms with E-state index >= 15 is 0 Å². The van der Waals surface area contributed by atoms with E-state index in [1.54, 1.807) is 12.1 Å². The molecule has 1 aliphatic carbocycles. The molecular formula is C30H24N2O2SeSi. The molecule has 3 aliphatic rings. The number of hydrogen-bond donors (Lipinski definition) is 0. The van der Waals surface area contributed by atoms with Gasteiger partial charge >= 0.3 is 218 Å². The Labute approximate surface area is 217 Å². The third kappa shape index (κ3) is 2.67. The van der Waals surface area contributed by atoms with Crippen LogP contribution in [-0.4, -0.2) is 39.1 Å². The van der Waals surface area contributed by atoms with Crippen molar-refractivity contribution >= 4 is 66.7 Å². The molecule has 0 amide bonds. The molecule has 2 aromatic carbocycles. The van der Waals surface area contributed by atoms with Crippen LogP contribution < -0.4 is 15.3 Å². The van der Waals surface area contributed by atoms with Gasteiger partial charge in [0.2, 0.25) is 0 Å². The second-order valence-electron chi connectivity index (χ2n) is 10.8. The van der Waals surface area contributed by atoms with E-state index in [1.807, 2.05) is 24.4 Å². The predicted molar refractivity (Wildman–Crippen MR) is 148 cm³/mol. The van der Waals surface area contributed by atoms with E-state index in [4.69, 9.17) is 4.98 Å². The summed E-state index contributed by atoms with van der Waals surface area (Å²) in [5, 5.41) is 2.79. The van der Waals surface area contributed by atoms with Gasteiger partial charge in [0.05, 0.1) is 0 Å². The number of benzene rings is 2. The average Bonchev–Trinajstić information content (AvgIpc) is 3.40. The maximum absolute atomic E-state index is 13.1. The zero-order valence-electron chi connectivity index (χ0n) is 20.5. The van der Waals surface area contributed by atoms with E-state index in [0.717, 1.165) is 10.3 Å². The number of rotatable bonds is 1. The summed E-state index contributed by atoms with van der Waals surface area (Å²) in [5.74, 6) is 0.709. The molecule has 4 aromatic rings. The van der Waals surface area contributed by atoms with Gasteiger partial charge in [0.1, 0.15) is 0 Å². The molecule has 7 rings (SSSR count). The van der Waals surface area contributed by atoms with E-state index in [9.17, 15) is 9.59 Å². The number of nitrogens with zero attached hydrogens (tertiary/aromatic N) is 2. The maximum atomic E-state index is 13.1. The molecule has 0 saturated heterocycles. The normalized spacial score (nSPS) is 17.9. The minimum atomic E-state index is -1.93. The summed E-state index contributed by atoms with van der Waals surface area (Å²) in [4.78, 5) is 33.5. The van der Waals surface area contributed by atoms with Crippen molar-refractivity contribution in [1.82, 2.24) is 4.98 Å². The number of hydrogen-bond acceptors (Lipinski definition) is 4. The van der Waals surface area contributed by atoms with Crippen molar-refractivity contribution < 1.29 is 9.59 Å². The van der Waals surface area contributed by atoms with Gasteiger partial charge in [-0.25, -0.2) is 0 Å². The van der Waals surface area contributed by atoms with E-state index in [2.05, 4.69) is 68.2 Å². The summed E-state index contributed by atoms with van der Waals surface area (Å²) >= 11 is -0.0719. The van der Waals surface area contributed by atoms with Crippen LogP contribution in [0.15, 0.2) is 72.4 Å². The molecule has 2 aliphatic heterocycles. The molecule has 0 atom stereocenters. The quantitative estimate of drug-likeness (QED) is 0.193. The fourth-order valence-corrected chi connectivity index (χ4v) is 11.6. The van der Waals surface area contributed by atoms with Gasteiger partial charge in [-0.05, 0) is 0 Å². The van der Waals surface area contributed by atoms with Gasteiger partial charge < -0.3 is 0 Å². The summed E-state index contributed by atoms with van der Waals surface area (Å²) in [5.41, 5.74) is 4.99. The molecule has 4 nitrogen and oxygen atoms in total.